The Labute approximate surface area is 88.6 Å². The van der Waals surface area contributed by atoms with Crippen LogP contribution in [-0.4, -0.2) is 8.41 Å². The highest BCUT2D eigenvalue weighted by Crippen LogP contribution is 1.92. The largest absolute Gasteiger partial charge is 0.147 e. The fourth-order valence-corrected chi connectivity index (χ4v) is 0.534. The lowest BCUT2D eigenvalue weighted by Crippen LogP contribution is -1.62. The van der Waals surface area contributed by atoms with Crippen molar-refractivity contribution in [2.75, 3.05) is 0 Å². The molecule has 0 heterocycles. The van der Waals surface area contributed by atoms with Crippen molar-refractivity contribution in [1.29, 1.82) is 0 Å². The molecular weight excluding hydrogens is 201 g/mol. The highest BCUT2D eigenvalue weighted by molar-refractivity contribution is 5.86. The van der Waals surface area contributed by atoms with Crippen LogP contribution in [-0.2, 0) is 0 Å². The molecule has 3 radical (unpaired) electrons. The highest BCUT2D eigenvalue weighted by Gasteiger charge is 1.72. The van der Waals surface area contributed by atoms with Gasteiger partial charge in [-0.15, -0.1) is 37.2 Å². The molecule has 0 N–H and O–H groups in total. The first-order valence-corrected chi connectivity index (χ1v) is 2.41. The number of aryl methyl sites for hydroxylation is 1. The predicted octanol–water partition coefficient (Wildman–Crippen LogP) is 2.88. The van der Waals surface area contributed by atoms with Crippen molar-refractivity contribution in [2.45, 2.75) is 6.92 Å². The Balaban J connectivity index is -0.0000000612. The summed E-state index contributed by atoms with van der Waals surface area (Å²) in [6.45, 7) is 2.08. The van der Waals surface area contributed by atoms with Crippen LogP contribution in [0.4, 0.5) is 0 Å². The zero-order valence-corrected chi connectivity index (χ0v) is 8.64. The van der Waals surface area contributed by atoms with Crippen LogP contribution >= 0.6 is 37.2 Å². The van der Waals surface area contributed by atoms with Gasteiger partial charge < -0.3 is 0 Å². The molecule has 1 rings (SSSR count). The molecule has 0 atom stereocenters. The molecule has 0 aliphatic carbocycles. The molecule has 0 saturated carbocycles. The maximum atomic E-state index is 2.08. The second kappa shape index (κ2) is 12.8. The Kier molecular flexibility index (Phi) is 26.1. The molecule has 0 aliphatic rings. The van der Waals surface area contributed by atoms with Crippen LogP contribution in [0.25, 0.3) is 0 Å². The number of hydrogen-bond acceptors (Lipinski definition) is 0. The molecule has 0 aliphatic heterocycles. The lowest BCUT2D eigenvalue weighted by atomic mass is 10.2. The first kappa shape index (κ1) is 22.5. The van der Waals surface area contributed by atoms with E-state index < -0.39 is 0 Å². The van der Waals surface area contributed by atoms with Gasteiger partial charge in [-0.3, -0.25) is 0 Å². The molecule has 11 heavy (non-hydrogen) atoms. The van der Waals surface area contributed by atoms with Gasteiger partial charge in [0.15, 0.2) is 0 Å². The van der Waals surface area contributed by atoms with Gasteiger partial charge >= 0.3 is 0 Å². The third-order valence-electron chi connectivity index (χ3n) is 0.940. The quantitative estimate of drug-likeness (QED) is 0.580. The van der Waals surface area contributed by atoms with Crippen LogP contribution in [0.5, 0.6) is 0 Å². The summed E-state index contributed by atoms with van der Waals surface area (Å²) in [4.78, 5) is 0. The van der Waals surface area contributed by atoms with Gasteiger partial charge in [-0.05, 0) is 6.92 Å². The lowest BCUT2D eigenvalue weighted by molar-refractivity contribution is 1.48. The third kappa shape index (κ3) is 10.2. The average molecular weight is 212 g/mol. The van der Waals surface area contributed by atoms with Gasteiger partial charge in [0.1, 0.15) is 0 Å². The molecule has 0 aromatic heterocycles. The molecule has 0 unspecified atom stereocenters. The minimum atomic E-state index is 0. The van der Waals surface area contributed by atoms with Crippen molar-refractivity contribution in [3.8, 4) is 0 Å². The van der Waals surface area contributed by atoms with Crippen molar-refractivity contribution in [2.24, 2.45) is 0 Å². The summed E-state index contributed by atoms with van der Waals surface area (Å²) in [6.07, 6.45) is 0. The Morgan fingerprint density at radius 3 is 1.36 bits per heavy atom. The smallest absolute Gasteiger partial charge is 0 e. The maximum absolute atomic E-state index is 2.08. The summed E-state index contributed by atoms with van der Waals surface area (Å²) < 4.78 is 0. The van der Waals surface area contributed by atoms with E-state index in [2.05, 4.69) is 19.1 Å². The summed E-state index contributed by atoms with van der Waals surface area (Å²) in [5.41, 5.74) is 1.32. The Morgan fingerprint density at radius 1 is 0.818 bits per heavy atom. The molecule has 0 amide bonds. The van der Waals surface area contributed by atoms with Crippen LogP contribution in [0.2, 0.25) is 0 Å². The van der Waals surface area contributed by atoms with E-state index in [1.807, 2.05) is 18.2 Å². The van der Waals surface area contributed by atoms with E-state index in [1.54, 1.807) is 0 Å². The van der Waals surface area contributed by atoms with E-state index in [0.717, 1.165) is 0 Å². The van der Waals surface area contributed by atoms with Gasteiger partial charge in [0.2, 0.25) is 0 Å². The molecule has 0 nitrogen and oxygen atoms in total. The third-order valence-corrected chi connectivity index (χ3v) is 0.940. The van der Waals surface area contributed by atoms with Crippen molar-refractivity contribution in [1.82, 2.24) is 0 Å². The van der Waals surface area contributed by atoms with Crippen LogP contribution in [0.3, 0.4) is 0 Å². The van der Waals surface area contributed by atoms with Crippen LogP contribution in [0.1, 0.15) is 5.56 Å². The highest BCUT2D eigenvalue weighted by atomic mass is 35.5. The zero-order chi connectivity index (χ0) is 5.11. The summed E-state index contributed by atoms with van der Waals surface area (Å²) >= 11 is 0. The normalized spacial score (nSPS) is 5.55. The molecule has 0 bridgehead atoms. The van der Waals surface area contributed by atoms with Gasteiger partial charge in [0.25, 0.3) is 0 Å². The summed E-state index contributed by atoms with van der Waals surface area (Å²) in [7, 11) is 0. The van der Waals surface area contributed by atoms with Crippen molar-refractivity contribution >= 4 is 45.6 Å². The van der Waals surface area contributed by atoms with Crippen LogP contribution in [0.15, 0.2) is 30.3 Å². The van der Waals surface area contributed by atoms with Gasteiger partial charge in [-0.1, -0.05) is 35.9 Å². The first-order chi connectivity index (χ1) is 3.39. The van der Waals surface area contributed by atoms with Crippen LogP contribution < -0.4 is 0 Å². The summed E-state index contributed by atoms with van der Waals surface area (Å²) in [6, 6.07) is 10.3. The number of hydrogen-bond donors (Lipinski definition) is 0. The monoisotopic (exact) mass is 211 g/mol. The summed E-state index contributed by atoms with van der Waals surface area (Å²) in [5.74, 6) is 0. The van der Waals surface area contributed by atoms with Crippen molar-refractivity contribution in [3.63, 3.8) is 0 Å². The molecule has 0 saturated heterocycles. The van der Waals surface area contributed by atoms with E-state index in [9.17, 15) is 0 Å². The lowest BCUT2D eigenvalue weighted by Gasteiger charge is -1.82. The van der Waals surface area contributed by atoms with E-state index in [-0.39, 0.29) is 45.6 Å². The molecule has 1 aromatic rings. The van der Waals surface area contributed by atoms with Gasteiger partial charge in [0, 0.05) is 8.41 Å². The molecule has 0 spiro atoms. The average Bonchev–Trinajstić information content (AvgIpc) is 1.69. The molecular formula is C7H11BCl3. The fraction of sp³-hybridized carbons (Fsp3) is 0.143. The van der Waals surface area contributed by atoms with E-state index >= 15 is 0 Å². The number of benzene rings is 1. The topological polar surface area (TPSA) is 0 Å². The van der Waals surface area contributed by atoms with Gasteiger partial charge in [-0.25, -0.2) is 0 Å². The van der Waals surface area contributed by atoms with Crippen LogP contribution in [0, 0.1) is 6.92 Å². The van der Waals surface area contributed by atoms with Gasteiger partial charge in [0.05, 0.1) is 0 Å². The fourth-order valence-electron chi connectivity index (χ4n) is 0.534. The summed E-state index contributed by atoms with van der Waals surface area (Å²) in [5, 5.41) is 0. The second-order valence-corrected chi connectivity index (χ2v) is 1.65. The van der Waals surface area contributed by atoms with Crippen molar-refractivity contribution in [3.05, 3.63) is 35.9 Å². The number of rotatable bonds is 0. The second-order valence-electron chi connectivity index (χ2n) is 1.65. The minimum Gasteiger partial charge on any atom is -0.147 e. The van der Waals surface area contributed by atoms with E-state index in [4.69, 9.17) is 0 Å². The van der Waals surface area contributed by atoms with E-state index in [0.29, 0.717) is 0 Å². The predicted molar refractivity (Wildman–Crippen MR) is 58.7 cm³/mol. The van der Waals surface area contributed by atoms with Gasteiger partial charge in [-0.2, -0.15) is 0 Å². The molecule has 0 fully saturated rings. The Morgan fingerprint density at radius 2 is 1.18 bits per heavy atom. The Hall–Kier alpha value is 0.155. The van der Waals surface area contributed by atoms with E-state index in [1.165, 1.54) is 5.56 Å². The minimum absolute atomic E-state index is 0. The Bertz CT molecular complexity index is 144. The zero-order valence-electron chi connectivity index (χ0n) is 6.19. The molecule has 63 valence electrons. The standard InChI is InChI=1S/C7H8.B.3ClH/c1-7-5-3-2-4-6-7;;;;/h2-6H,1H3;;3*1H. The maximum Gasteiger partial charge on any atom is 0 e. The molecule has 4 heteroatoms. The van der Waals surface area contributed by atoms with Crippen molar-refractivity contribution < 1.29 is 0 Å². The number of halogens is 3. The molecule has 1 aromatic carbocycles. The SMILES string of the molecule is Cc1ccccc1.Cl.Cl.Cl.[B]. The first-order valence-electron chi connectivity index (χ1n) is 2.41.